The number of nitrogens with zero attached hydrogens (tertiary/aromatic N) is 1. The van der Waals surface area contributed by atoms with Crippen LogP contribution in [0.5, 0.6) is 0 Å². The van der Waals surface area contributed by atoms with E-state index in [0.29, 0.717) is 0 Å². The van der Waals surface area contributed by atoms with Crippen molar-refractivity contribution in [2.75, 3.05) is 0 Å². The fraction of sp³-hybridized carbons (Fsp3) is 0.167. The quantitative estimate of drug-likeness (QED) is 0.591. The fourth-order valence-corrected chi connectivity index (χ4v) is 2.09. The first-order valence-electron chi connectivity index (χ1n) is 4.97. The van der Waals surface area contributed by atoms with Crippen LogP contribution in [-0.2, 0) is 12.8 Å². The molecule has 1 aliphatic carbocycles. The van der Waals surface area contributed by atoms with Crippen molar-refractivity contribution in [3.63, 3.8) is 0 Å². The summed E-state index contributed by atoms with van der Waals surface area (Å²) >= 11 is 0. The van der Waals surface area contributed by atoms with Crippen molar-refractivity contribution in [1.29, 1.82) is 0 Å². The minimum absolute atomic E-state index is 0.0400. The van der Waals surface area contributed by atoms with Gasteiger partial charge in [0.1, 0.15) is 0 Å². The maximum Gasteiger partial charge on any atom is 0.203 e. The highest BCUT2D eigenvalue weighted by atomic mass is 16.1. The zero-order valence-electron chi connectivity index (χ0n) is 8.16. The molecule has 0 fully saturated rings. The molecule has 15 heavy (non-hydrogen) atoms. The third kappa shape index (κ3) is 1.28. The molecule has 1 aliphatic rings. The number of hydrogen-bond donors (Lipinski definition) is 1. The number of H-pyrrole nitrogens is 1. The van der Waals surface area contributed by atoms with E-state index in [-0.39, 0.29) is 5.43 Å². The minimum Gasteiger partial charge on any atom is -0.288 e. The van der Waals surface area contributed by atoms with E-state index in [1.807, 2.05) is 12.1 Å². The SMILES string of the molecule is O=c1cn[nH]c2c1Cc1ccccc1C2. The molecule has 0 amide bonds. The maximum absolute atomic E-state index is 11.6. The van der Waals surface area contributed by atoms with Crippen LogP contribution >= 0.6 is 0 Å². The summed E-state index contributed by atoms with van der Waals surface area (Å²) in [6, 6.07) is 8.22. The predicted octanol–water partition coefficient (Wildman–Crippen LogP) is 1.26. The molecule has 3 heteroatoms. The number of nitrogens with one attached hydrogen (secondary N) is 1. The molecule has 1 aromatic carbocycles. The maximum atomic E-state index is 11.6. The summed E-state index contributed by atoms with van der Waals surface area (Å²) in [5.41, 5.74) is 4.40. The van der Waals surface area contributed by atoms with Crippen molar-refractivity contribution in [3.05, 3.63) is 63.1 Å². The van der Waals surface area contributed by atoms with Gasteiger partial charge in [0.25, 0.3) is 0 Å². The molecule has 1 N–H and O–H groups in total. The van der Waals surface area contributed by atoms with Gasteiger partial charge in [-0.25, -0.2) is 0 Å². The van der Waals surface area contributed by atoms with E-state index in [2.05, 4.69) is 22.3 Å². The van der Waals surface area contributed by atoms with Crippen molar-refractivity contribution in [1.82, 2.24) is 10.2 Å². The number of hydrogen-bond acceptors (Lipinski definition) is 2. The Morgan fingerprint density at radius 1 is 1.13 bits per heavy atom. The van der Waals surface area contributed by atoms with Gasteiger partial charge in [-0.15, -0.1) is 0 Å². The highest BCUT2D eigenvalue weighted by Gasteiger charge is 2.17. The summed E-state index contributed by atoms with van der Waals surface area (Å²) in [5.74, 6) is 0. The third-order valence-corrected chi connectivity index (χ3v) is 2.90. The highest BCUT2D eigenvalue weighted by molar-refractivity contribution is 5.41. The fourth-order valence-electron chi connectivity index (χ4n) is 2.09. The molecule has 0 spiro atoms. The van der Waals surface area contributed by atoms with E-state index in [1.54, 1.807) is 0 Å². The molecule has 1 aromatic heterocycles. The van der Waals surface area contributed by atoms with Gasteiger partial charge in [-0.2, -0.15) is 5.10 Å². The number of aromatic nitrogens is 2. The van der Waals surface area contributed by atoms with Crippen LogP contribution in [-0.4, -0.2) is 10.2 Å². The molecule has 0 aliphatic heterocycles. The first-order valence-corrected chi connectivity index (χ1v) is 4.97. The molecule has 0 bridgehead atoms. The summed E-state index contributed by atoms with van der Waals surface area (Å²) in [5, 5.41) is 6.75. The predicted molar refractivity (Wildman–Crippen MR) is 56.9 cm³/mol. The van der Waals surface area contributed by atoms with E-state index in [9.17, 15) is 4.79 Å². The molecule has 0 saturated carbocycles. The van der Waals surface area contributed by atoms with E-state index >= 15 is 0 Å². The van der Waals surface area contributed by atoms with Gasteiger partial charge < -0.3 is 0 Å². The molecule has 74 valence electrons. The molecule has 1 heterocycles. The Morgan fingerprint density at radius 3 is 2.67 bits per heavy atom. The number of fused-ring (bicyclic) bond motifs is 2. The van der Waals surface area contributed by atoms with Gasteiger partial charge in [-0.1, -0.05) is 24.3 Å². The zero-order chi connectivity index (χ0) is 10.3. The van der Waals surface area contributed by atoms with Gasteiger partial charge in [0.05, 0.1) is 6.20 Å². The van der Waals surface area contributed by atoms with Crippen LogP contribution in [0.15, 0.2) is 35.3 Å². The lowest BCUT2D eigenvalue weighted by Crippen LogP contribution is -2.19. The Labute approximate surface area is 86.8 Å². The lowest BCUT2D eigenvalue weighted by atomic mass is 9.89. The average Bonchev–Trinajstić information content (AvgIpc) is 2.27. The number of aromatic amines is 1. The first kappa shape index (κ1) is 8.41. The standard InChI is InChI=1S/C12H10N2O/c15-12-7-13-14-11-6-9-4-2-1-3-8(9)5-10(11)12/h1-4,7H,5-6H2,(H,14,15). The molecular formula is C12H10N2O. The van der Waals surface area contributed by atoms with Crippen molar-refractivity contribution < 1.29 is 0 Å². The molecule has 0 unspecified atom stereocenters. The van der Waals surface area contributed by atoms with Gasteiger partial charge in [0.2, 0.25) is 5.43 Å². The molecule has 2 aromatic rings. The second-order valence-electron chi connectivity index (χ2n) is 3.81. The van der Waals surface area contributed by atoms with Crippen LogP contribution < -0.4 is 5.43 Å². The lowest BCUT2D eigenvalue weighted by Gasteiger charge is -2.17. The summed E-state index contributed by atoms with van der Waals surface area (Å²) < 4.78 is 0. The smallest absolute Gasteiger partial charge is 0.203 e. The van der Waals surface area contributed by atoms with Crippen molar-refractivity contribution >= 4 is 0 Å². The van der Waals surface area contributed by atoms with E-state index in [1.165, 1.54) is 17.3 Å². The van der Waals surface area contributed by atoms with Crippen molar-refractivity contribution in [2.24, 2.45) is 0 Å². The van der Waals surface area contributed by atoms with Crippen molar-refractivity contribution in [2.45, 2.75) is 12.8 Å². The Morgan fingerprint density at radius 2 is 1.87 bits per heavy atom. The van der Waals surface area contributed by atoms with Crippen LogP contribution in [0.25, 0.3) is 0 Å². The molecule has 3 rings (SSSR count). The van der Waals surface area contributed by atoms with Gasteiger partial charge in [-0.05, 0) is 11.1 Å². The van der Waals surface area contributed by atoms with Crippen molar-refractivity contribution in [3.8, 4) is 0 Å². The molecule has 0 atom stereocenters. The second-order valence-corrected chi connectivity index (χ2v) is 3.81. The Balaban J connectivity index is 2.19. The molecule has 0 saturated heterocycles. The van der Waals surface area contributed by atoms with E-state index in [4.69, 9.17) is 0 Å². The Bertz CT molecular complexity index is 572. The van der Waals surface area contributed by atoms with E-state index in [0.717, 1.165) is 24.1 Å². The van der Waals surface area contributed by atoms with Crippen LogP contribution in [0, 0.1) is 0 Å². The Kier molecular flexibility index (Phi) is 1.71. The van der Waals surface area contributed by atoms with Gasteiger partial charge in [0, 0.05) is 24.1 Å². The lowest BCUT2D eigenvalue weighted by molar-refractivity contribution is 0.855. The van der Waals surface area contributed by atoms with Gasteiger partial charge in [-0.3, -0.25) is 9.89 Å². The number of benzene rings is 1. The van der Waals surface area contributed by atoms with Crippen LogP contribution in [0.2, 0.25) is 0 Å². The average molecular weight is 198 g/mol. The van der Waals surface area contributed by atoms with Crippen LogP contribution in [0.3, 0.4) is 0 Å². The topological polar surface area (TPSA) is 45.8 Å². The first-order chi connectivity index (χ1) is 7.34. The van der Waals surface area contributed by atoms with Crippen LogP contribution in [0.1, 0.15) is 22.4 Å². The third-order valence-electron chi connectivity index (χ3n) is 2.90. The minimum atomic E-state index is 0.0400. The second kappa shape index (κ2) is 3.05. The Hall–Kier alpha value is -1.90. The summed E-state index contributed by atoms with van der Waals surface area (Å²) in [4.78, 5) is 11.6. The normalized spacial score (nSPS) is 13.1. The van der Waals surface area contributed by atoms with Crippen LogP contribution in [0.4, 0.5) is 0 Å². The molecular weight excluding hydrogens is 188 g/mol. The summed E-state index contributed by atoms with van der Waals surface area (Å²) in [7, 11) is 0. The van der Waals surface area contributed by atoms with E-state index < -0.39 is 0 Å². The summed E-state index contributed by atoms with van der Waals surface area (Å²) in [6.07, 6.45) is 2.87. The zero-order valence-corrected chi connectivity index (χ0v) is 8.16. The highest BCUT2D eigenvalue weighted by Crippen LogP contribution is 2.22. The summed E-state index contributed by atoms with van der Waals surface area (Å²) in [6.45, 7) is 0. The van der Waals surface area contributed by atoms with Gasteiger partial charge >= 0.3 is 0 Å². The molecule has 3 nitrogen and oxygen atoms in total. The molecule has 0 radical (unpaired) electrons. The monoisotopic (exact) mass is 198 g/mol. The van der Waals surface area contributed by atoms with Gasteiger partial charge in [0.15, 0.2) is 0 Å². The number of rotatable bonds is 0. The largest absolute Gasteiger partial charge is 0.288 e.